The van der Waals surface area contributed by atoms with E-state index in [0.717, 1.165) is 59.4 Å². The summed E-state index contributed by atoms with van der Waals surface area (Å²) in [6.07, 6.45) is 3.93. The highest BCUT2D eigenvalue weighted by Gasteiger charge is 2.20. The fraction of sp³-hybridized carbons (Fsp3) is 0.286. The molecule has 1 saturated heterocycles. The van der Waals surface area contributed by atoms with Gasteiger partial charge in [0.05, 0.1) is 11.1 Å². The molecule has 2 aromatic carbocycles. The number of fused-ring (bicyclic) bond motifs is 2. The van der Waals surface area contributed by atoms with E-state index in [4.69, 9.17) is 0 Å². The van der Waals surface area contributed by atoms with Crippen molar-refractivity contribution in [1.29, 1.82) is 0 Å². The van der Waals surface area contributed by atoms with Crippen LogP contribution in [0.4, 0.5) is 11.4 Å². The Labute approximate surface area is 180 Å². The van der Waals surface area contributed by atoms with Gasteiger partial charge in [-0.05, 0) is 30.3 Å². The fourth-order valence-corrected chi connectivity index (χ4v) is 4.00. The van der Waals surface area contributed by atoms with Crippen LogP contribution in [0.15, 0.2) is 42.7 Å². The summed E-state index contributed by atoms with van der Waals surface area (Å²) < 4.78 is 3.54. The average Bonchev–Trinajstić information content (AvgIpc) is 3.28. The first-order valence-electron chi connectivity index (χ1n) is 9.75. The lowest BCUT2D eigenvalue weighted by atomic mass is 10.1. The van der Waals surface area contributed by atoms with Gasteiger partial charge in [0.25, 0.3) is 5.91 Å². The maximum absolute atomic E-state index is 13.1. The highest BCUT2D eigenvalue weighted by molar-refractivity contribution is 6.14. The maximum atomic E-state index is 13.1. The molecule has 1 aliphatic rings. The van der Waals surface area contributed by atoms with Crippen LogP contribution in [-0.4, -0.2) is 51.6 Å². The van der Waals surface area contributed by atoms with Crippen molar-refractivity contribution in [2.45, 2.75) is 0 Å². The Morgan fingerprint density at radius 2 is 1.80 bits per heavy atom. The average molecular weight is 426 g/mol. The van der Waals surface area contributed by atoms with Gasteiger partial charge < -0.3 is 15.5 Å². The number of anilines is 2. The Kier molecular flexibility index (Phi) is 5.36. The Morgan fingerprint density at radius 3 is 2.60 bits per heavy atom. The molecular formula is C21H24ClN7O. The number of amides is 1. The molecule has 1 aliphatic heterocycles. The van der Waals surface area contributed by atoms with Gasteiger partial charge in [0.1, 0.15) is 5.52 Å². The van der Waals surface area contributed by atoms with Crippen molar-refractivity contribution in [1.82, 2.24) is 24.9 Å². The molecule has 0 aliphatic carbocycles. The molecule has 2 N–H and O–H groups in total. The second kappa shape index (κ2) is 7.97. The molecule has 0 saturated carbocycles. The van der Waals surface area contributed by atoms with Gasteiger partial charge in [0, 0.05) is 74.8 Å². The summed E-state index contributed by atoms with van der Waals surface area (Å²) in [6.45, 7) is 3.81. The number of nitrogens with zero attached hydrogens (tertiary/aromatic N) is 5. The predicted molar refractivity (Wildman–Crippen MR) is 122 cm³/mol. The number of carbonyl (C=O) groups is 1. The van der Waals surface area contributed by atoms with E-state index < -0.39 is 0 Å². The van der Waals surface area contributed by atoms with E-state index in [1.807, 2.05) is 56.8 Å². The lowest BCUT2D eigenvalue weighted by molar-refractivity contribution is 0.102. The lowest BCUT2D eigenvalue weighted by Crippen LogP contribution is -2.43. The zero-order chi connectivity index (χ0) is 20.0. The largest absolute Gasteiger partial charge is 0.368 e. The van der Waals surface area contributed by atoms with Crippen LogP contribution in [0, 0.1) is 0 Å². The molecule has 5 rings (SSSR count). The summed E-state index contributed by atoms with van der Waals surface area (Å²) in [5, 5.41) is 17.3. The minimum Gasteiger partial charge on any atom is -0.368 e. The summed E-state index contributed by atoms with van der Waals surface area (Å²) in [5.74, 6) is -0.163. The number of halogens is 1. The number of carbonyl (C=O) groups excluding carboxylic acids is 1. The van der Waals surface area contributed by atoms with Crippen LogP contribution < -0.4 is 15.5 Å². The van der Waals surface area contributed by atoms with Crippen molar-refractivity contribution < 1.29 is 4.79 Å². The fourth-order valence-electron chi connectivity index (χ4n) is 4.00. The number of hydrogen-bond acceptors (Lipinski definition) is 5. The number of aryl methyl sites for hydroxylation is 2. The molecule has 8 nitrogen and oxygen atoms in total. The van der Waals surface area contributed by atoms with Crippen molar-refractivity contribution >= 4 is 51.5 Å². The molecule has 0 unspecified atom stereocenters. The van der Waals surface area contributed by atoms with Gasteiger partial charge in [-0.2, -0.15) is 10.2 Å². The zero-order valence-corrected chi connectivity index (χ0v) is 17.7. The third-order valence-corrected chi connectivity index (χ3v) is 5.35. The molecule has 0 spiro atoms. The molecule has 1 fully saturated rings. The van der Waals surface area contributed by atoms with Gasteiger partial charge in [-0.3, -0.25) is 14.2 Å². The van der Waals surface area contributed by atoms with Gasteiger partial charge >= 0.3 is 0 Å². The molecule has 0 bridgehead atoms. The van der Waals surface area contributed by atoms with E-state index in [1.54, 1.807) is 9.36 Å². The predicted octanol–water partition coefficient (Wildman–Crippen LogP) is 2.54. The molecular weight excluding hydrogens is 402 g/mol. The standard InChI is InChI=1S/C21H23N7O.ClH/c1-26-12-14-11-15(3-5-18(14)24-26)23-21(29)16-4-6-19(28-9-7-22-8-10-28)17-13-27(2)25-20(16)17;/h3-6,11-13,22H,7-10H2,1-2H3,(H,23,29);1H. The van der Waals surface area contributed by atoms with Crippen molar-refractivity contribution in [3.63, 3.8) is 0 Å². The number of nitrogens with one attached hydrogen (secondary N) is 2. The third kappa shape index (κ3) is 3.59. The van der Waals surface area contributed by atoms with E-state index in [0.29, 0.717) is 5.56 Å². The number of piperazine rings is 1. The van der Waals surface area contributed by atoms with Crippen LogP contribution in [0.25, 0.3) is 21.8 Å². The van der Waals surface area contributed by atoms with Crippen LogP contribution in [0.3, 0.4) is 0 Å². The van der Waals surface area contributed by atoms with Crippen molar-refractivity contribution in [2.24, 2.45) is 14.1 Å². The Bertz CT molecular complexity index is 1220. The molecule has 156 valence electrons. The van der Waals surface area contributed by atoms with Crippen LogP contribution >= 0.6 is 12.4 Å². The van der Waals surface area contributed by atoms with Crippen LogP contribution in [0.5, 0.6) is 0 Å². The highest BCUT2D eigenvalue weighted by Crippen LogP contribution is 2.30. The van der Waals surface area contributed by atoms with Crippen molar-refractivity contribution in [2.75, 3.05) is 36.4 Å². The molecule has 0 radical (unpaired) electrons. The normalized spacial score (nSPS) is 14.1. The van der Waals surface area contributed by atoms with Crippen molar-refractivity contribution in [3.05, 3.63) is 48.3 Å². The Balaban J connectivity index is 0.00000218. The van der Waals surface area contributed by atoms with Gasteiger partial charge in [-0.25, -0.2) is 0 Å². The van der Waals surface area contributed by atoms with E-state index in [9.17, 15) is 4.79 Å². The van der Waals surface area contributed by atoms with Crippen molar-refractivity contribution in [3.8, 4) is 0 Å². The Morgan fingerprint density at radius 1 is 1.03 bits per heavy atom. The van der Waals surface area contributed by atoms with Gasteiger partial charge in [0.15, 0.2) is 0 Å². The third-order valence-electron chi connectivity index (χ3n) is 5.35. The second-order valence-electron chi connectivity index (χ2n) is 7.46. The first-order chi connectivity index (χ1) is 14.1. The van der Waals surface area contributed by atoms with E-state index in [1.165, 1.54) is 0 Å². The summed E-state index contributed by atoms with van der Waals surface area (Å²) in [5.41, 5.74) is 4.07. The highest BCUT2D eigenvalue weighted by atomic mass is 35.5. The molecule has 9 heteroatoms. The summed E-state index contributed by atoms with van der Waals surface area (Å²) in [7, 11) is 3.77. The molecule has 3 heterocycles. The molecule has 1 amide bonds. The van der Waals surface area contributed by atoms with E-state index >= 15 is 0 Å². The Hall–Kier alpha value is -3.10. The quantitative estimate of drug-likeness (QED) is 0.527. The zero-order valence-electron chi connectivity index (χ0n) is 16.9. The molecule has 0 atom stereocenters. The number of benzene rings is 2. The molecule has 4 aromatic rings. The van der Waals surface area contributed by atoms with Gasteiger partial charge in [0.2, 0.25) is 0 Å². The minimum absolute atomic E-state index is 0. The molecule has 2 aromatic heterocycles. The first-order valence-corrected chi connectivity index (χ1v) is 9.75. The summed E-state index contributed by atoms with van der Waals surface area (Å²) in [4.78, 5) is 15.4. The number of aromatic nitrogens is 4. The SMILES string of the molecule is Cl.Cn1cc2cc(NC(=O)c3ccc(N4CCNCC4)c4cn(C)nc34)ccc2n1. The van der Waals surface area contributed by atoms with E-state index in [2.05, 4.69) is 25.7 Å². The topological polar surface area (TPSA) is 80.0 Å². The summed E-state index contributed by atoms with van der Waals surface area (Å²) in [6, 6.07) is 9.64. The number of hydrogen-bond donors (Lipinski definition) is 2. The maximum Gasteiger partial charge on any atom is 0.257 e. The van der Waals surface area contributed by atoms with Gasteiger partial charge in [-0.1, -0.05) is 0 Å². The number of rotatable bonds is 3. The van der Waals surface area contributed by atoms with Crippen LogP contribution in [0.2, 0.25) is 0 Å². The second-order valence-corrected chi connectivity index (χ2v) is 7.46. The lowest BCUT2D eigenvalue weighted by Gasteiger charge is -2.30. The van der Waals surface area contributed by atoms with E-state index in [-0.39, 0.29) is 18.3 Å². The van der Waals surface area contributed by atoms with Crippen LogP contribution in [-0.2, 0) is 14.1 Å². The van der Waals surface area contributed by atoms with Crippen LogP contribution in [0.1, 0.15) is 10.4 Å². The summed E-state index contributed by atoms with van der Waals surface area (Å²) >= 11 is 0. The van der Waals surface area contributed by atoms with Gasteiger partial charge in [-0.15, -0.1) is 12.4 Å². The first kappa shape index (κ1) is 20.2. The monoisotopic (exact) mass is 425 g/mol. The smallest absolute Gasteiger partial charge is 0.257 e. The minimum atomic E-state index is -0.163. The molecule has 30 heavy (non-hydrogen) atoms.